The summed E-state index contributed by atoms with van der Waals surface area (Å²) in [4.78, 5) is 6.83. The standard InChI is InChI=1S/C19H28N4O.HI/c1-3-23(4-2)17(18-11-8-14-24-18)15-22-19(20)21-13-12-16-9-6-5-7-10-16;/h5-11,14,17H,3-4,12-13,15H2,1-2H3,(H3,20,21,22);1H. The lowest BCUT2D eigenvalue weighted by atomic mass is 10.1. The fraction of sp³-hybridized carbons (Fsp3) is 0.421. The van der Waals surface area contributed by atoms with Crippen molar-refractivity contribution in [3.05, 3.63) is 60.1 Å². The molecule has 0 bridgehead atoms. The van der Waals surface area contributed by atoms with E-state index >= 15 is 0 Å². The Labute approximate surface area is 167 Å². The summed E-state index contributed by atoms with van der Waals surface area (Å²) >= 11 is 0. The minimum absolute atomic E-state index is 0. The Morgan fingerprint density at radius 1 is 1.16 bits per heavy atom. The van der Waals surface area contributed by atoms with Crippen LogP contribution in [0.2, 0.25) is 0 Å². The predicted molar refractivity (Wildman–Crippen MR) is 114 cm³/mol. The smallest absolute Gasteiger partial charge is 0.188 e. The summed E-state index contributed by atoms with van der Waals surface area (Å²) in [5.41, 5.74) is 7.30. The lowest BCUT2D eigenvalue weighted by Crippen LogP contribution is -2.35. The number of aliphatic imine (C=N–C) groups is 1. The quantitative estimate of drug-likeness (QED) is 0.345. The van der Waals surface area contributed by atoms with Crippen molar-refractivity contribution >= 4 is 29.9 Å². The maximum Gasteiger partial charge on any atom is 0.188 e. The Morgan fingerprint density at radius 3 is 2.48 bits per heavy atom. The van der Waals surface area contributed by atoms with Crippen LogP contribution in [0.4, 0.5) is 0 Å². The summed E-state index contributed by atoms with van der Waals surface area (Å²) in [5.74, 6) is 1.41. The lowest BCUT2D eigenvalue weighted by Gasteiger charge is -2.26. The zero-order valence-electron chi connectivity index (χ0n) is 15.0. The van der Waals surface area contributed by atoms with Gasteiger partial charge in [0.25, 0.3) is 0 Å². The molecule has 0 radical (unpaired) electrons. The summed E-state index contributed by atoms with van der Waals surface area (Å²) in [5, 5.41) is 3.19. The first kappa shape index (κ1) is 21.5. The number of rotatable bonds is 9. The Hall–Kier alpha value is -1.54. The normalized spacial score (nSPS) is 12.7. The first-order valence-electron chi connectivity index (χ1n) is 8.59. The van der Waals surface area contributed by atoms with Gasteiger partial charge in [-0.3, -0.25) is 9.89 Å². The number of furan rings is 1. The monoisotopic (exact) mass is 456 g/mol. The van der Waals surface area contributed by atoms with Crippen molar-refractivity contribution in [2.75, 3.05) is 26.2 Å². The minimum Gasteiger partial charge on any atom is -0.468 e. The number of guanidine groups is 1. The van der Waals surface area contributed by atoms with Gasteiger partial charge < -0.3 is 15.5 Å². The highest BCUT2D eigenvalue weighted by Gasteiger charge is 2.20. The average molecular weight is 456 g/mol. The zero-order valence-corrected chi connectivity index (χ0v) is 17.4. The molecule has 1 aromatic heterocycles. The molecule has 0 amide bonds. The van der Waals surface area contributed by atoms with Gasteiger partial charge in [0.1, 0.15) is 5.76 Å². The van der Waals surface area contributed by atoms with E-state index in [0.29, 0.717) is 12.5 Å². The molecular formula is C19H29IN4O. The van der Waals surface area contributed by atoms with Crippen molar-refractivity contribution in [2.45, 2.75) is 26.3 Å². The Morgan fingerprint density at radius 2 is 1.88 bits per heavy atom. The number of nitrogens with zero attached hydrogens (tertiary/aromatic N) is 2. The van der Waals surface area contributed by atoms with Gasteiger partial charge in [-0.05, 0) is 37.2 Å². The molecule has 25 heavy (non-hydrogen) atoms. The van der Waals surface area contributed by atoms with E-state index in [0.717, 1.165) is 31.8 Å². The van der Waals surface area contributed by atoms with Gasteiger partial charge in [0.05, 0.1) is 18.8 Å². The molecule has 0 aliphatic carbocycles. The van der Waals surface area contributed by atoms with Gasteiger partial charge in [0, 0.05) is 6.54 Å². The molecule has 0 spiro atoms. The van der Waals surface area contributed by atoms with Crippen molar-refractivity contribution < 1.29 is 4.42 Å². The Kier molecular flexibility index (Phi) is 10.3. The molecule has 1 heterocycles. The molecule has 1 unspecified atom stereocenters. The fourth-order valence-corrected chi connectivity index (χ4v) is 2.75. The first-order chi connectivity index (χ1) is 11.7. The largest absolute Gasteiger partial charge is 0.468 e. The maximum absolute atomic E-state index is 6.01. The number of hydrogen-bond acceptors (Lipinski definition) is 3. The number of benzene rings is 1. The Balaban J connectivity index is 0.00000312. The average Bonchev–Trinajstić information content (AvgIpc) is 3.14. The van der Waals surface area contributed by atoms with Gasteiger partial charge in [0.15, 0.2) is 5.96 Å². The van der Waals surface area contributed by atoms with E-state index in [1.54, 1.807) is 6.26 Å². The molecule has 5 nitrogen and oxygen atoms in total. The highest BCUT2D eigenvalue weighted by atomic mass is 127. The number of hydrogen-bond donors (Lipinski definition) is 2. The van der Waals surface area contributed by atoms with E-state index in [-0.39, 0.29) is 30.0 Å². The van der Waals surface area contributed by atoms with E-state index < -0.39 is 0 Å². The molecule has 1 aromatic carbocycles. The van der Waals surface area contributed by atoms with Crippen LogP contribution in [-0.2, 0) is 6.42 Å². The summed E-state index contributed by atoms with van der Waals surface area (Å²) in [7, 11) is 0. The van der Waals surface area contributed by atoms with Crippen molar-refractivity contribution in [1.82, 2.24) is 10.2 Å². The van der Waals surface area contributed by atoms with E-state index in [4.69, 9.17) is 10.2 Å². The molecule has 3 N–H and O–H groups in total. The zero-order chi connectivity index (χ0) is 17.2. The van der Waals surface area contributed by atoms with Crippen LogP contribution in [0, 0.1) is 0 Å². The molecule has 1 atom stereocenters. The third-order valence-electron chi connectivity index (χ3n) is 4.12. The number of nitrogens with two attached hydrogens (primary N) is 1. The summed E-state index contributed by atoms with van der Waals surface area (Å²) in [6.07, 6.45) is 2.63. The second-order valence-electron chi connectivity index (χ2n) is 5.64. The van der Waals surface area contributed by atoms with Crippen LogP contribution in [0.25, 0.3) is 0 Å². The highest BCUT2D eigenvalue weighted by Crippen LogP contribution is 2.21. The molecular weight excluding hydrogens is 427 g/mol. The van der Waals surface area contributed by atoms with Crippen molar-refractivity contribution in [3.63, 3.8) is 0 Å². The predicted octanol–water partition coefficient (Wildman–Crippen LogP) is 3.43. The molecule has 2 aromatic rings. The molecule has 0 aliphatic rings. The first-order valence-corrected chi connectivity index (χ1v) is 8.59. The lowest BCUT2D eigenvalue weighted by molar-refractivity contribution is 0.198. The van der Waals surface area contributed by atoms with Crippen molar-refractivity contribution in [2.24, 2.45) is 10.7 Å². The molecule has 0 fully saturated rings. The van der Waals surface area contributed by atoms with Crippen LogP contribution in [0.15, 0.2) is 58.1 Å². The van der Waals surface area contributed by atoms with Crippen LogP contribution in [0.3, 0.4) is 0 Å². The molecule has 0 saturated carbocycles. The van der Waals surface area contributed by atoms with Crippen LogP contribution in [-0.4, -0.2) is 37.0 Å². The molecule has 6 heteroatoms. The molecule has 0 aliphatic heterocycles. The summed E-state index contributed by atoms with van der Waals surface area (Å²) in [6, 6.07) is 14.4. The minimum atomic E-state index is 0. The van der Waals surface area contributed by atoms with E-state index in [9.17, 15) is 0 Å². The Bertz CT molecular complexity index is 597. The second-order valence-corrected chi connectivity index (χ2v) is 5.64. The third-order valence-corrected chi connectivity index (χ3v) is 4.12. The van der Waals surface area contributed by atoms with Gasteiger partial charge in [-0.25, -0.2) is 0 Å². The molecule has 0 saturated heterocycles. The number of halogens is 1. The van der Waals surface area contributed by atoms with Gasteiger partial charge in [-0.2, -0.15) is 0 Å². The fourth-order valence-electron chi connectivity index (χ4n) is 2.75. The summed E-state index contributed by atoms with van der Waals surface area (Å²) < 4.78 is 5.58. The van der Waals surface area contributed by atoms with Crippen LogP contribution in [0.5, 0.6) is 0 Å². The number of likely N-dealkylation sites (N-methyl/N-ethyl adjacent to an activating group) is 1. The van der Waals surface area contributed by atoms with Gasteiger partial charge >= 0.3 is 0 Å². The highest BCUT2D eigenvalue weighted by molar-refractivity contribution is 14.0. The molecule has 138 valence electrons. The van der Waals surface area contributed by atoms with Crippen molar-refractivity contribution in [1.29, 1.82) is 0 Å². The van der Waals surface area contributed by atoms with E-state index in [2.05, 4.69) is 41.2 Å². The van der Waals surface area contributed by atoms with E-state index in [1.165, 1.54) is 5.56 Å². The molecule has 2 rings (SSSR count). The summed E-state index contributed by atoms with van der Waals surface area (Å²) in [6.45, 7) is 7.53. The van der Waals surface area contributed by atoms with Gasteiger partial charge in [-0.15, -0.1) is 24.0 Å². The van der Waals surface area contributed by atoms with Gasteiger partial charge in [0.2, 0.25) is 0 Å². The SMILES string of the molecule is CCN(CC)C(CN=C(N)NCCc1ccccc1)c1ccco1.I. The second kappa shape index (κ2) is 11.9. The van der Waals surface area contributed by atoms with Gasteiger partial charge in [-0.1, -0.05) is 44.2 Å². The van der Waals surface area contributed by atoms with Crippen LogP contribution in [0.1, 0.15) is 31.2 Å². The topological polar surface area (TPSA) is 66.8 Å². The maximum atomic E-state index is 6.01. The third kappa shape index (κ3) is 7.07. The van der Waals surface area contributed by atoms with E-state index in [1.807, 2.05) is 30.3 Å². The van der Waals surface area contributed by atoms with Crippen LogP contribution < -0.4 is 11.1 Å². The van der Waals surface area contributed by atoms with Crippen LogP contribution >= 0.6 is 24.0 Å². The number of nitrogens with one attached hydrogen (secondary N) is 1. The van der Waals surface area contributed by atoms with Crippen molar-refractivity contribution in [3.8, 4) is 0 Å².